The molecule has 0 radical (unpaired) electrons. The molecule has 0 bridgehead atoms. The molecule has 0 aromatic heterocycles. The minimum absolute atomic E-state index is 1.00. The Balaban J connectivity index is 1.46. The molecule has 0 aromatic rings. The van der Waals surface area contributed by atoms with Crippen LogP contribution in [0.25, 0.3) is 0 Å². The number of nitrogens with zero attached hydrogens (tertiary/aromatic N) is 1. The van der Waals surface area contributed by atoms with Crippen LogP contribution in [-0.2, 0) is 0 Å². The van der Waals surface area contributed by atoms with E-state index in [1.807, 2.05) is 0 Å². The Hall–Kier alpha value is -0.0400. The highest BCUT2D eigenvalue weighted by Gasteiger charge is 2.34. The SMILES string of the molecule is C1CC(N2CCC(CC3CC3)C2)C1. The van der Waals surface area contributed by atoms with Crippen LogP contribution in [0.15, 0.2) is 0 Å². The first kappa shape index (κ1) is 8.28. The number of likely N-dealkylation sites (tertiary alicyclic amines) is 1. The second-order valence-corrected chi connectivity index (χ2v) is 5.41. The van der Waals surface area contributed by atoms with Gasteiger partial charge in [0.15, 0.2) is 0 Å². The zero-order chi connectivity index (χ0) is 8.67. The summed E-state index contributed by atoms with van der Waals surface area (Å²) in [4.78, 5) is 2.77. The third-order valence-electron chi connectivity index (χ3n) is 4.27. The van der Waals surface area contributed by atoms with Gasteiger partial charge in [-0.3, -0.25) is 0 Å². The molecule has 0 aromatic carbocycles. The molecule has 1 aliphatic heterocycles. The molecule has 1 atom stereocenters. The van der Waals surface area contributed by atoms with Crippen molar-refractivity contribution >= 4 is 0 Å². The van der Waals surface area contributed by atoms with Crippen molar-refractivity contribution in [1.82, 2.24) is 4.90 Å². The lowest BCUT2D eigenvalue weighted by Crippen LogP contribution is -2.38. The first-order valence-corrected chi connectivity index (χ1v) is 6.16. The Labute approximate surface area is 81.5 Å². The summed E-state index contributed by atoms with van der Waals surface area (Å²) in [6, 6.07) is 1.00. The van der Waals surface area contributed by atoms with Gasteiger partial charge in [-0.1, -0.05) is 19.3 Å². The maximum absolute atomic E-state index is 2.77. The minimum atomic E-state index is 1.00. The van der Waals surface area contributed by atoms with E-state index in [-0.39, 0.29) is 0 Å². The molecule has 1 heterocycles. The Bertz CT molecular complexity index is 182. The monoisotopic (exact) mass is 179 g/mol. The van der Waals surface area contributed by atoms with Crippen LogP contribution < -0.4 is 0 Å². The van der Waals surface area contributed by atoms with E-state index in [4.69, 9.17) is 0 Å². The van der Waals surface area contributed by atoms with Crippen LogP contribution in [0.4, 0.5) is 0 Å². The molecule has 0 spiro atoms. The average molecular weight is 179 g/mol. The van der Waals surface area contributed by atoms with Crippen molar-refractivity contribution in [1.29, 1.82) is 0 Å². The van der Waals surface area contributed by atoms with Gasteiger partial charge in [0.1, 0.15) is 0 Å². The summed E-state index contributed by atoms with van der Waals surface area (Å²) in [6.07, 6.45) is 10.6. The fraction of sp³-hybridized carbons (Fsp3) is 1.00. The first-order chi connectivity index (χ1) is 6.42. The van der Waals surface area contributed by atoms with Gasteiger partial charge in [-0.2, -0.15) is 0 Å². The molecule has 1 nitrogen and oxygen atoms in total. The molecular weight excluding hydrogens is 158 g/mol. The quantitative estimate of drug-likeness (QED) is 0.644. The molecule has 1 heteroatoms. The fourth-order valence-corrected chi connectivity index (χ4v) is 2.96. The van der Waals surface area contributed by atoms with E-state index in [1.54, 1.807) is 19.3 Å². The third-order valence-corrected chi connectivity index (χ3v) is 4.27. The normalized spacial score (nSPS) is 36.5. The molecule has 0 N–H and O–H groups in total. The third kappa shape index (κ3) is 1.76. The molecule has 3 rings (SSSR count). The highest BCUT2D eigenvalue weighted by atomic mass is 15.2. The van der Waals surface area contributed by atoms with E-state index in [2.05, 4.69) is 4.90 Å². The van der Waals surface area contributed by atoms with E-state index >= 15 is 0 Å². The molecule has 0 amide bonds. The zero-order valence-corrected chi connectivity index (χ0v) is 8.54. The molecule has 13 heavy (non-hydrogen) atoms. The lowest BCUT2D eigenvalue weighted by molar-refractivity contribution is 0.152. The van der Waals surface area contributed by atoms with Crippen molar-refractivity contribution in [2.45, 2.75) is 51.0 Å². The Morgan fingerprint density at radius 1 is 0.923 bits per heavy atom. The summed E-state index contributed by atoms with van der Waals surface area (Å²) in [5.74, 6) is 2.22. The smallest absolute Gasteiger partial charge is 0.00953 e. The number of rotatable bonds is 3. The summed E-state index contributed by atoms with van der Waals surface area (Å²) in [5, 5.41) is 0. The van der Waals surface area contributed by atoms with Crippen molar-refractivity contribution in [3.8, 4) is 0 Å². The number of hydrogen-bond acceptors (Lipinski definition) is 1. The molecule has 2 aliphatic carbocycles. The summed E-state index contributed by atoms with van der Waals surface area (Å²) in [7, 11) is 0. The van der Waals surface area contributed by atoms with Crippen molar-refractivity contribution < 1.29 is 0 Å². The fourth-order valence-electron chi connectivity index (χ4n) is 2.96. The standard InChI is InChI=1S/C12H21N/c1-2-12(3-1)13-7-6-11(9-13)8-10-4-5-10/h10-12H,1-9H2. The van der Waals surface area contributed by atoms with Gasteiger partial charge in [0.25, 0.3) is 0 Å². The van der Waals surface area contributed by atoms with Crippen LogP contribution in [0.3, 0.4) is 0 Å². The Morgan fingerprint density at radius 2 is 1.77 bits per heavy atom. The molecule has 3 fully saturated rings. The summed E-state index contributed by atoms with van der Waals surface area (Å²) >= 11 is 0. The topological polar surface area (TPSA) is 3.24 Å². The van der Waals surface area contributed by atoms with Gasteiger partial charge < -0.3 is 4.90 Å². The van der Waals surface area contributed by atoms with Crippen LogP contribution in [0, 0.1) is 11.8 Å². The van der Waals surface area contributed by atoms with Crippen molar-refractivity contribution in [3.05, 3.63) is 0 Å². The second-order valence-electron chi connectivity index (χ2n) is 5.41. The average Bonchev–Trinajstić information content (AvgIpc) is 2.69. The number of hydrogen-bond donors (Lipinski definition) is 0. The van der Waals surface area contributed by atoms with Gasteiger partial charge in [-0.25, -0.2) is 0 Å². The van der Waals surface area contributed by atoms with Gasteiger partial charge in [-0.05, 0) is 44.1 Å². The van der Waals surface area contributed by atoms with Gasteiger partial charge in [0.2, 0.25) is 0 Å². The van der Waals surface area contributed by atoms with Crippen molar-refractivity contribution in [3.63, 3.8) is 0 Å². The van der Waals surface area contributed by atoms with E-state index in [1.165, 1.54) is 38.8 Å². The van der Waals surface area contributed by atoms with Crippen LogP contribution in [-0.4, -0.2) is 24.0 Å². The predicted molar refractivity (Wildman–Crippen MR) is 54.7 cm³/mol. The molecule has 2 saturated carbocycles. The highest BCUT2D eigenvalue weighted by Crippen LogP contribution is 2.39. The van der Waals surface area contributed by atoms with E-state index in [9.17, 15) is 0 Å². The van der Waals surface area contributed by atoms with Crippen molar-refractivity contribution in [2.24, 2.45) is 11.8 Å². The van der Waals surface area contributed by atoms with Gasteiger partial charge >= 0.3 is 0 Å². The minimum Gasteiger partial charge on any atom is -0.300 e. The molecule has 74 valence electrons. The van der Waals surface area contributed by atoms with E-state index in [0.717, 1.165) is 17.9 Å². The lowest BCUT2D eigenvalue weighted by Gasteiger charge is -2.34. The summed E-state index contributed by atoms with van der Waals surface area (Å²) in [6.45, 7) is 2.86. The second kappa shape index (κ2) is 3.27. The van der Waals surface area contributed by atoms with Crippen molar-refractivity contribution in [2.75, 3.05) is 13.1 Å². The van der Waals surface area contributed by atoms with Gasteiger partial charge in [0.05, 0.1) is 0 Å². The Kier molecular flexibility index (Phi) is 2.08. The summed E-state index contributed by atoms with van der Waals surface area (Å²) in [5.41, 5.74) is 0. The first-order valence-electron chi connectivity index (χ1n) is 6.16. The van der Waals surface area contributed by atoms with Crippen LogP contribution in [0.2, 0.25) is 0 Å². The molecule has 3 aliphatic rings. The van der Waals surface area contributed by atoms with Gasteiger partial charge in [-0.15, -0.1) is 0 Å². The van der Waals surface area contributed by atoms with Gasteiger partial charge in [0, 0.05) is 12.6 Å². The van der Waals surface area contributed by atoms with E-state index in [0.29, 0.717) is 0 Å². The van der Waals surface area contributed by atoms with Crippen LogP contribution in [0.5, 0.6) is 0 Å². The molecule has 1 saturated heterocycles. The largest absolute Gasteiger partial charge is 0.300 e. The zero-order valence-electron chi connectivity index (χ0n) is 8.54. The molecule has 1 unspecified atom stereocenters. The Morgan fingerprint density at radius 3 is 2.38 bits per heavy atom. The van der Waals surface area contributed by atoms with Crippen LogP contribution in [0.1, 0.15) is 44.9 Å². The maximum atomic E-state index is 2.77. The highest BCUT2D eigenvalue weighted by molar-refractivity contribution is 4.88. The van der Waals surface area contributed by atoms with Crippen LogP contribution >= 0.6 is 0 Å². The summed E-state index contributed by atoms with van der Waals surface area (Å²) < 4.78 is 0. The van der Waals surface area contributed by atoms with E-state index < -0.39 is 0 Å². The maximum Gasteiger partial charge on any atom is 0.00953 e. The predicted octanol–water partition coefficient (Wildman–Crippen LogP) is 2.66. The lowest BCUT2D eigenvalue weighted by atomic mass is 9.92. The molecular formula is C12H21N.